The first kappa shape index (κ1) is 23.5. The molecule has 34 heavy (non-hydrogen) atoms. The fraction of sp³-hybridized carbons (Fsp3) is 0.304. The lowest BCUT2D eigenvalue weighted by atomic mass is 9.99. The summed E-state index contributed by atoms with van der Waals surface area (Å²) in [5.74, 6) is -1.72. The first-order valence-electron chi connectivity index (χ1n) is 10.3. The summed E-state index contributed by atoms with van der Waals surface area (Å²) >= 11 is 0. The van der Waals surface area contributed by atoms with Crippen LogP contribution in [0.2, 0.25) is 0 Å². The highest BCUT2D eigenvalue weighted by Crippen LogP contribution is 2.37. The van der Waals surface area contributed by atoms with Gasteiger partial charge in [0.1, 0.15) is 29.8 Å². The number of esters is 1. The molecule has 0 radical (unpaired) electrons. The minimum atomic E-state index is -1.81. The van der Waals surface area contributed by atoms with Crippen molar-refractivity contribution < 1.29 is 49.0 Å². The molecule has 1 fully saturated rings. The van der Waals surface area contributed by atoms with E-state index in [1.165, 1.54) is 42.5 Å². The minimum absolute atomic E-state index is 0.0105. The van der Waals surface area contributed by atoms with Crippen LogP contribution in [0.4, 0.5) is 0 Å². The number of aromatic hydroxyl groups is 2. The van der Waals surface area contributed by atoms with Crippen LogP contribution in [0.25, 0.3) is 22.3 Å². The van der Waals surface area contributed by atoms with Crippen molar-refractivity contribution in [2.75, 3.05) is 6.61 Å². The highest BCUT2D eigenvalue weighted by Gasteiger charge is 2.48. The number of phenols is 2. The third-order valence-electron chi connectivity index (χ3n) is 5.32. The van der Waals surface area contributed by atoms with Crippen LogP contribution in [0.5, 0.6) is 17.2 Å². The summed E-state index contributed by atoms with van der Waals surface area (Å²) in [7, 11) is 0. The fourth-order valence-corrected chi connectivity index (χ4v) is 3.54. The molecule has 11 heteroatoms. The number of ether oxygens (including phenoxy) is 3. The molecule has 0 unspecified atom stereocenters. The van der Waals surface area contributed by atoms with Gasteiger partial charge in [-0.3, -0.25) is 4.79 Å². The predicted octanol–water partition coefficient (Wildman–Crippen LogP) is 0.621. The molecular formula is C23H22O11. The molecule has 4 rings (SSSR count). The number of hydrogen-bond acceptors (Lipinski definition) is 11. The zero-order valence-electron chi connectivity index (χ0n) is 17.8. The average molecular weight is 474 g/mol. The van der Waals surface area contributed by atoms with Crippen molar-refractivity contribution >= 4 is 16.9 Å². The normalized spacial score (nSPS) is 24.6. The Morgan fingerprint density at radius 3 is 2.38 bits per heavy atom. The zero-order chi connectivity index (χ0) is 24.6. The summed E-state index contributed by atoms with van der Waals surface area (Å²) in [4.78, 5) is 24.6. The van der Waals surface area contributed by atoms with Crippen LogP contribution in [0.1, 0.15) is 6.92 Å². The number of rotatable bonds is 5. The molecular weight excluding hydrogens is 452 g/mol. The molecule has 1 aliphatic rings. The van der Waals surface area contributed by atoms with E-state index in [1.807, 2.05) is 0 Å². The van der Waals surface area contributed by atoms with E-state index in [2.05, 4.69) is 0 Å². The van der Waals surface area contributed by atoms with Gasteiger partial charge in [0.05, 0.1) is 12.0 Å². The molecule has 0 aliphatic carbocycles. The van der Waals surface area contributed by atoms with Crippen molar-refractivity contribution in [2.45, 2.75) is 37.6 Å². The topological polar surface area (TPSA) is 176 Å². The van der Waals surface area contributed by atoms with Crippen LogP contribution in [0.15, 0.2) is 51.7 Å². The van der Waals surface area contributed by atoms with Gasteiger partial charge in [-0.2, -0.15) is 0 Å². The largest absolute Gasteiger partial charge is 0.508 e. The number of carbonyl (C=O) groups excluding carboxylic acids is 1. The van der Waals surface area contributed by atoms with E-state index in [0.29, 0.717) is 5.56 Å². The van der Waals surface area contributed by atoms with Gasteiger partial charge in [0.15, 0.2) is 22.9 Å². The third kappa shape index (κ3) is 4.29. The number of fused-ring (bicyclic) bond motifs is 1. The maximum absolute atomic E-state index is 12.6. The molecule has 1 aromatic heterocycles. The van der Waals surface area contributed by atoms with Gasteiger partial charge in [-0.05, 0) is 43.3 Å². The average Bonchev–Trinajstić information content (AvgIpc) is 2.81. The molecule has 0 saturated carbocycles. The Hall–Kier alpha value is -3.64. The van der Waals surface area contributed by atoms with Crippen molar-refractivity contribution in [3.63, 3.8) is 0 Å². The van der Waals surface area contributed by atoms with Gasteiger partial charge >= 0.3 is 5.97 Å². The lowest BCUT2D eigenvalue weighted by Gasteiger charge is -2.39. The number of aliphatic hydroxyl groups excluding tert-OH is 3. The van der Waals surface area contributed by atoms with Gasteiger partial charge in [-0.1, -0.05) is 0 Å². The smallest absolute Gasteiger partial charge is 0.338 e. The summed E-state index contributed by atoms with van der Waals surface area (Å²) in [6, 6.07) is 9.61. The van der Waals surface area contributed by atoms with Gasteiger partial charge in [-0.15, -0.1) is 0 Å². The van der Waals surface area contributed by atoms with Gasteiger partial charge in [-0.25, -0.2) is 4.79 Å². The second kappa shape index (κ2) is 9.31. The SMILES string of the molecule is CCOC(=O)[C@H]1O[C@@H](Oc2ccc3c(=O)cc(-c4ccc(O)cc4)oc3c2O)[C@H](O)[C@@H](O)[C@@H]1O. The third-order valence-corrected chi connectivity index (χ3v) is 5.32. The Labute approximate surface area is 192 Å². The molecule has 2 heterocycles. The number of benzene rings is 2. The maximum Gasteiger partial charge on any atom is 0.338 e. The van der Waals surface area contributed by atoms with E-state index in [9.17, 15) is 35.1 Å². The summed E-state index contributed by atoms with van der Waals surface area (Å²) in [5.41, 5.74) is -0.218. The van der Waals surface area contributed by atoms with Crippen LogP contribution < -0.4 is 10.2 Å². The molecule has 180 valence electrons. The summed E-state index contributed by atoms with van der Waals surface area (Å²) < 4.78 is 21.3. The van der Waals surface area contributed by atoms with Crippen molar-refractivity contribution in [1.29, 1.82) is 0 Å². The quantitative estimate of drug-likeness (QED) is 0.328. The number of carbonyl (C=O) groups is 1. The molecule has 5 N–H and O–H groups in total. The van der Waals surface area contributed by atoms with E-state index in [4.69, 9.17) is 18.6 Å². The molecule has 0 spiro atoms. The molecule has 1 aliphatic heterocycles. The zero-order valence-corrected chi connectivity index (χ0v) is 17.8. The summed E-state index contributed by atoms with van der Waals surface area (Å²) in [5, 5.41) is 50.7. The predicted molar refractivity (Wildman–Crippen MR) is 115 cm³/mol. The van der Waals surface area contributed by atoms with Crippen LogP contribution in [-0.2, 0) is 14.3 Å². The second-order valence-corrected chi connectivity index (χ2v) is 7.58. The standard InChI is InChI=1S/C23H22O11/c1-2-31-22(30)21-18(28)17(27)19(29)23(34-21)33-14-8-7-12-13(25)9-15(32-20(12)16(14)26)10-3-5-11(24)6-4-10/h3-9,17-19,21,23-24,26-29H,2H2,1H3/t17-,18-,19+,21-,23+/m0/s1. The first-order valence-corrected chi connectivity index (χ1v) is 10.3. The van der Waals surface area contributed by atoms with Crippen LogP contribution in [0, 0.1) is 0 Å². The lowest BCUT2D eigenvalue weighted by Crippen LogP contribution is -2.61. The Morgan fingerprint density at radius 2 is 1.71 bits per heavy atom. The van der Waals surface area contributed by atoms with E-state index in [0.717, 1.165) is 0 Å². The van der Waals surface area contributed by atoms with Crippen LogP contribution in [0.3, 0.4) is 0 Å². The van der Waals surface area contributed by atoms with Crippen molar-refractivity contribution in [3.05, 3.63) is 52.7 Å². The molecule has 2 aromatic carbocycles. The molecule has 1 saturated heterocycles. The second-order valence-electron chi connectivity index (χ2n) is 7.58. The Kier molecular flexibility index (Phi) is 6.44. The number of phenolic OH excluding ortho intramolecular Hbond substituents is 2. The van der Waals surface area contributed by atoms with Crippen molar-refractivity contribution in [2.24, 2.45) is 0 Å². The highest BCUT2D eigenvalue weighted by atomic mass is 16.7. The van der Waals surface area contributed by atoms with E-state index >= 15 is 0 Å². The minimum Gasteiger partial charge on any atom is -0.508 e. The van der Waals surface area contributed by atoms with Crippen molar-refractivity contribution in [3.8, 4) is 28.6 Å². The summed E-state index contributed by atoms with van der Waals surface area (Å²) in [6.45, 7) is 1.53. The number of hydrogen-bond donors (Lipinski definition) is 5. The highest BCUT2D eigenvalue weighted by molar-refractivity contribution is 5.86. The fourth-order valence-electron chi connectivity index (χ4n) is 3.54. The molecule has 11 nitrogen and oxygen atoms in total. The van der Waals surface area contributed by atoms with E-state index < -0.39 is 47.9 Å². The van der Waals surface area contributed by atoms with Gasteiger partial charge in [0.2, 0.25) is 12.0 Å². The molecule has 0 bridgehead atoms. The Bertz CT molecular complexity index is 1250. The van der Waals surface area contributed by atoms with Crippen LogP contribution >= 0.6 is 0 Å². The molecule has 0 amide bonds. The first-order chi connectivity index (χ1) is 16.2. The van der Waals surface area contributed by atoms with Crippen molar-refractivity contribution in [1.82, 2.24) is 0 Å². The monoisotopic (exact) mass is 474 g/mol. The van der Waals surface area contributed by atoms with Gasteiger partial charge in [0.25, 0.3) is 0 Å². The Morgan fingerprint density at radius 1 is 1.00 bits per heavy atom. The van der Waals surface area contributed by atoms with Gasteiger partial charge < -0.3 is 44.2 Å². The summed E-state index contributed by atoms with van der Waals surface area (Å²) in [6.07, 6.45) is -8.70. The van der Waals surface area contributed by atoms with Gasteiger partial charge in [0, 0.05) is 11.6 Å². The van der Waals surface area contributed by atoms with Crippen LogP contribution in [-0.4, -0.2) is 68.8 Å². The molecule has 5 atom stereocenters. The Balaban J connectivity index is 1.69. The maximum atomic E-state index is 12.6. The van der Waals surface area contributed by atoms with E-state index in [1.54, 1.807) is 6.92 Å². The van der Waals surface area contributed by atoms with E-state index in [-0.39, 0.29) is 34.8 Å². The number of aliphatic hydroxyl groups is 3. The molecule has 3 aromatic rings. The lowest BCUT2D eigenvalue weighted by molar-refractivity contribution is -0.272.